The van der Waals surface area contributed by atoms with Crippen LogP contribution in [0.25, 0.3) is 11.2 Å². The van der Waals surface area contributed by atoms with Gasteiger partial charge in [0.25, 0.3) is 0 Å². The molecular weight excluding hydrogens is 298 g/mol. The molecule has 4 aromatic rings. The van der Waals surface area contributed by atoms with Crippen LogP contribution < -0.4 is 4.74 Å². The highest BCUT2D eigenvalue weighted by Crippen LogP contribution is 2.22. The number of hydrogen-bond acceptors (Lipinski definition) is 4. The van der Waals surface area contributed by atoms with Gasteiger partial charge in [-0.15, -0.1) is 0 Å². The second kappa shape index (κ2) is 6.46. The molecule has 0 atom stereocenters. The van der Waals surface area contributed by atoms with E-state index in [1.54, 1.807) is 18.5 Å². The average Bonchev–Trinajstić information content (AvgIpc) is 2.64. The molecular formula is C20H15N3O. The predicted octanol–water partition coefficient (Wildman–Crippen LogP) is 4.41. The number of nitrogens with zero attached hydrogens (tertiary/aromatic N) is 3. The van der Waals surface area contributed by atoms with Crippen molar-refractivity contribution in [1.82, 2.24) is 15.0 Å². The zero-order chi connectivity index (χ0) is 16.2. The van der Waals surface area contributed by atoms with Gasteiger partial charge in [-0.2, -0.15) is 4.98 Å². The van der Waals surface area contributed by atoms with Crippen LogP contribution in [-0.2, 0) is 6.42 Å². The van der Waals surface area contributed by atoms with Gasteiger partial charge in [0, 0.05) is 18.5 Å². The predicted molar refractivity (Wildman–Crippen MR) is 93.1 cm³/mol. The Balaban J connectivity index is 1.50. The second-order valence-electron chi connectivity index (χ2n) is 5.46. The van der Waals surface area contributed by atoms with E-state index in [-0.39, 0.29) is 0 Å². The highest BCUT2D eigenvalue weighted by Gasteiger charge is 2.03. The van der Waals surface area contributed by atoms with Crippen LogP contribution in [0.5, 0.6) is 11.6 Å². The molecule has 0 fully saturated rings. The minimum absolute atomic E-state index is 0.513. The zero-order valence-electron chi connectivity index (χ0n) is 13.0. The molecule has 0 aliphatic carbocycles. The number of aromatic nitrogens is 3. The summed E-state index contributed by atoms with van der Waals surface area (Å²) in [5.74, 6) is 1.27. The Bertz CT molecular complexity index is 953. The third kappa shape index (κ3) is 3.22. The second-order valence-corrected chi connectivity index (χ2v) is 5.46. The van der Waals surface area contributed by atoms with Crippen LogP contribution in [-0.4, -0.2) is 15.0 Å². The minimum atomic E-state index is 0.513. The van der Waals surface area contributed by atoms with Crippen LogP contribution in [0.3, 0.4) is 0 Å². The zero-order valence-corrected chi connectivity index (χ0v) is 13.0. The maximum Gasteiger partial charge on any atom is 0.221 e. The fourth-order valence-corrected chi connectivity index (χ4v) is 2.52. The van der Waals surface area contributed by atoms with Gasteiger partial charge < -0.3 is 4.74 Å². The molecule has 24 heavy (non-hydrogen) atoms. The molecule has 4 heteroatoms. The van der Waals surface area contributed by atoms with E-state index in [9.17, 15) is 0 Å². The van der Waals surface area contributed by atoms with Crippen molar-refractivity contribution in [2.75, 3.05) is 0 Å². The summed E-state index contributed by atoms with van der Waals surface area (Å²) in [5.41, 5.74) is 3.87. The summed E-state index contributed by atoms with van der Waals surface area (Å²) >= 11 is 0. The first-order valence-corrected chi connectivity index (χ1v) is 7.75. The largest absolute Gasteiger partial charge is 0.439 e. The summed E-state index contributed by atoms with van der Waals surface area (Å²) in [6.07, 6.45) is 4.18. The summed E-state index contributed by atoms with van der Waals surface area (Å²) < 4.78 is 5.81. The Kier molecular flexibility index (Phi) is 3.86. The summed E-state index contributed by atoms with van der Waals surface area (Å²) in [6, 6.07) is 22.1. The van der Waals surface area contributed by atoms with Gasteiger partial charge in [0.2, 0.25) is 5.88 Å². The molecule has 0 aliphatic rings. The molecule has 2 aromatic carbocycles. The molecule has 2 heterocycles. The van der Waals surface area contributed by atoms with Gasteiger partial charge in [-0.05, 0) is 35.7 Å². The van der Waals surface area contributed by atoms with Crippen molar-refractivity contribution in [3.63, 3.8) is 0 Å². The minimum Gasteiger partial charge on any atom is -0.439 e. The molecule has 0 amide bonds. The third-order valence-corrected chi connectivity index (χ3v) is 3.70. The first-order chi connectivity index (χ1) is 11.9. The van der Waals surface area contributed by atoms with E-state index in [0.717, 1.165) is 17.7 Å². The molecule has 116 valence electrons. The number of ether oxygens (including phenoxy) is 1. The van der Waals surface area contributed by atoms with Gasteiger partial charge in [-0.1, -0.05) is 42.5 Å². The maximum atomic E-state index is 5.81. The van der Waals surface area contributed by atoms with E-state index in [1.807, 2.05) is 24.3 Å². The van der Waals surface area contributed by atoms with Crippen LogP contribution in [0.15, 0.2) is 79.1 Å². The topological polar surface area (TPSA) is 47.9 Å². The quantitative estimate of drug-likeness (QED) is 0.560. The lowest BCUT2D eigenvalue weighted by atomic mass is 10.1. The standard InChI is InChI=1S/C20H15N3O/c1-2-4-15(5-3-1)14-16-6-8-17(9-7-16)24-19-11-10-18-20(23-19)22-13-12-21-18/h1-13H,14H2. The number of rotatable bonds is 4. The van der Waals surface area contributed by atoms with E-state index in [2.05, 4.69) is 51.4 Å². The van der Waals surface area contributed by atoms with E-state index in [4.69, 9.17) is 4.74 Å². The molecule has 0 bridgehead atoms. The lowest BCUT2D eigenvalue weighted by molar-refractivity contribution is 0.464. The summed E-state index contributed by atoms with van der Waals surface area (Å²) in [6.45, 7) is 0. The van der Waals surface area contributed by atoms with Gasteiger partial charge in [0.05, 0.1) is 0 Å². The van der Waals surface area contributed by atoms with Crippen molar-refractivity contribution in [2.45, 2.75) is 6.42 Å². The molecule has 4 rings (SSSR count). The average molecular weight is 313 g/mol. The lowest BCUT2D eigenvalue weighted by Gasteiger charge is -2.07. The molecule has 0 saturated heterocycles. The Labute approximate surface area is 139 Å². The SMILES string of the molecule is c1ccc(Cc2ccc(Oc3ccc4nccnc4n3)cc2)cc1. The summed E-state index contributed by atoms with van der Waals surface area (Å²) in [5, 5.41) is 0. The van der Waals surface area contributed by atoms with Crippen molar-refractivity contribution >= 4 is 11.2 Å². The van der Waals surface area contributed by atoms with Crippen molar-refractivity contribution in [2.24, 2.45) is 0 Å². The van der Waals surface area contributed by atoms with E-state index >= 15 is 0 Å². The smallest absolute Gasteiger partial charge is 0.221 e. The molecule has 2 aromatic heterocycles. The van der Waals surface area contributed by atoms with Gasteiger partial charge in [0.1, 0.15) is 11.3 Å². The van der Waals surface area contributed by atoms with Crippen molar-refractivity contribution < 1.29 is 4.74 Å². The van der Waals surface area contributed by atoms with Gasteiger partial charge in [-0.3, -0.25) is 4.98 Å². The van der Waals surface area contributed by atoms with Crippen LogP contribution in [0.2, 0.25) is 0 Å². The monoisotopic (exact) mass is 313 g/mol. The van der Waals surface area contributed by atoms with Crippen molar-refractivity contribution in [1.29, 1.82) is 0 Å². The van der Waals surface area contributed by atoms with Crippen molar-refractivity contribution in [3.8, 4) is 11.6 Å². The number of pyridine rings is 1. The normalized spacial score (nSPS) is 10.7. The van der Waals surface area contributed by atoms with Gasteiger partial charge in [0.15, 0.2) is 5.65 Å². The Hall–Kier alpha value is -3.27. The fourth-order valence-electron chi connectivity index (χ4n) is 2.52. The van der Waals surface area contributed by atoms with Gasteiger partial charge >= 0.3 is 0 Å². The lowest BCUT2D eigenvalue weighted by Crippen LogP contribution is -1.92. The number of benzene rings is 2. The molecule has 0 saturated carbocycles. The van der Waals surface area contributed by atoms with E-state index in [0.29, 0.717) is 11.5 Å². The Morgan fingerprint density at radius 1 is 0.708 bits per heavy atom. The van der Waals surface area contributed by atoms with Crippen LogP contribution in [0.1, 0.15) is 11.1 Å². The molecule has 0 spiro atoms. The van der Waals surface area contributed by atoms with Crippen LogP contribution in [0, 0.1) is 0 Å². The van der Waals surface area contributed by atoms with Crippen LogP contribution in [0.4, 0.5) is 0 Å². The molecule has 4 nitrogen and oxygen atoms in total. The number of fused-ring (bicyclic) bond motifs is 1. The summed E-state index contributed by atoms with van der Waals surface area (Å²) in [4.78, 5) is 12.8. The first kappa shape index (κ1) is 14.3. The molecule has 0 N–H and O–H groups in total. The maximum absolute atomic E-state index is 5.81. The highest BCUT2D eigenvalue weighted by atomic mass is 16.5. The Morgan fingerprint density at radius 2 is 1.46 bits per heavy atom. The molecule has 0 radical (unpaired) electrons. The Morgan fingerprint density at radius 3 is 2.29 bits per heavy atom. The van der Waals surface area contributed by atoms with Crippen LogP contribution >= 0.6 is 0 Å². The third-order valence-electron chi connectivity index (χ3n) is 3.70. The van der Waals surface area contributed by atoms with Crippen molar-refractivity contribution in [3.05, 3.63) is 90.3 Å². The van der Waals surface area contributed by atoms with E-state index in [1.165, 1.54) is 11.1 Å². The fraction of sp³-hybridized carbons (Fsp3) is 0.0500. The molecule has 0 unspecified atom stereocenters. The number of hydrogen-bond donors (Lipinski definition) is 0. The van der Waals surface area contributed by atoms with Gasteiger partial charge in [-0.25, -0.2) is 4.98 Å². The summed E-state index contributed by atoms with van der Waals surface area (Å²) in [7, 11) is 0. The first-order valence-electron chi connectivity index (χ1n) is 7.75. The van der Waals surface area contributed by atoms with E-state index < -0.39 is 0 Å². The highest BCUT2D eigenvalue weighted by molar-refractivity contribution is 5.69. The molecule has 0 aliphatic heterocycles.